The lowest BCUT2D eigenvalue weighted by Gasteiger charge is -1.97. The molecule has 0 bridgehead atoms. The molecule has 1 aromatic rings. The van der Waals surface area contributed by atoms with Crippen LogP contribution in [-0.4, -0.2) is 21.3 Å². The molecular weight excluding hydrogens is 170 g/mol. The van der Waals surface area contributed by atoms with Gasteiger partial charge in [-0.15, -0.1) is 0 Å². The van der Waals surface area contributed by atoms with Crippen LogP contribution < -0.4 is 5.32 Å². The van der Waals surface area contributed by atoms with Crippen LogP contribution >= 0.6 is 0 Å². The van der Waals surface area contributed by atoms with Gasteiger partial charge in [-0.05, 0) is 12.1 Å². The standard InChI is InChI=1S/C8H9N3O2/c12-8(13)3-5-9-6-7-2-1-4-10-11-7/h1-5,9H,6H2,(H,12,13)/b5-3+. The van der Waals surface area contributed by atoms with E-state index in [4.69, 9.17) is 5.11 Å². The zero-order valence-corrected chi connectivity index (χ0v) is 6.84. The molecule has 13 heavy (non-hydrogen) atoms. The highest BCUT2D eigenvalue weighted by Crippen LogP contribution is 1.88. The van der Waals surface area contributed by atoms with Crippen molar-refractivity contribution in [1.29, 1.82) is 0 Å². The van der Waals surface area contributed by atoms with Crippen LogP contribution in [0.15, 0.2) is 30.6 Å². The summed E-state index contributed by atoms with van der Waals surface area (Å²) in [6.07, 6.45) is 3.96. The first-order valence-corrected chi connectivity index (χ1v) is 3.68. The maximum Gasteiger partial charge on any atom is 0.329 e. The maximum absolute atomic E-state index is 10.1. The Kier molecular flexibility index (Phi) is 3.44. The molecule has 5 nitrogen and oxygen atoms in total. The number of aromatic nitrogens is 2. The van der Waals surface area contributed by atoms with Gasteiger partial charge >= 0.3 is 5.97 Å². The molecule has 1 aromatic heterocycles. The highest BCUT2D eigenvalue weighted by atomic mass is 16.4. The molecule has 5 heteroatoms. The fraction of sp³-hybridized carbons (Fsp3) is 0.125. The first kappa shape index (κ1) is 9.18. The molecule has 0 aliphatic carbocycles. The molecular formula is C8H9N3O2. The third-order valence-electron chi connectivity index (χ3n) is 1.25. The lowest BCUT2D eigenvalue weighted by molar-refractivity contribution is -0.131. The topological polar surface area (TPSA) is 75.1 Å². The van der Waals surface area contributed by atoms with Gasteiger partial charge in [0.2, 0.25) is 0 Å². The van der Waals surface area contributed by atoms with Crippen LogP contribution in [0, 0.1) is 0 Å². The minimum atomic E-state index is -0.980. The van der Waals surface area contributed by atoms with Gasteiger partial charge in [0, 0.05) is 18.5 Å². The van der Waals surface area contributed by atoms with Crippen molar-refractivity contribution >= 4 is 5.97 Å². The normalized spacial score (nSPS) is 10.2. The average Bonchev–Trinajstić information content (AvgIpc) is 2.14. The van der Waals surface area contributed by atoms with Gasteiger partial charge in [0.15, 0.2) is 0 Å². The van der Waals surface area contributed by atoms with E-state index in [0.29, 0.717) is 6.54 Å². The first-order chi connectivity index (χ1) is 6.29. The molecule has 0 aliphatic rings. The minimum Gasteiger partial charge on any atom is -0.478 e. The fourth-order valence-corrected chi connectivity index (χ4v) is 0.721. The van der Waals surface area contributed by atoms with E-state index in [9.17, 15) is 4.79 Å². The molecule has 0 amide bonds. The number of aliphatic carboxylic acids is 1. The number of nitrogens with one attached hydrogen (secondary N) is 1. The fourth-order valence-electron chi connectivity index (χ4n) is 0.721. The molecule has 0 radical (unpaired) electrons. The van der Waals surface area contributed by atoms with Crippen molar-refractivity contribution in [2.75, 3.05) is 0 Å². The van der Waals surface area contributed by atoms with Gasteiger partial charge in [0.1, 0.15) is 0 Å². The van der Waals surface area contributed by atoms with Crippen LogP contribution in [0.4, 0.5) is 0 Å². The van der Waals surface area contributed by atoms with E-state index < -0.39 is 5.97 Å². The Balaban J connectivity index is 2.32. The van der Waals surface area contributed by atoms with Crippen LogP contribution in [0.5, 0.6) is 0 Å². The van der Waals surface area contributed by atoms with Gasteiger partial charge < -0.3 is 10.4 Å². The first-order valence-electron chi connectivity index (χ1n) is 3.68. The van der Waals surface area contributed by atoms with Gasteiger partial charge in [-0.3, -0.25) is 0 Å². The van der Waals surface area contributed by atoms with Gasteiger partial charge in [0.05, 0.1) is 12.2 Å². The van der Waals surface area contributed by atoms with Gasteiger partial charge in [0.25, 0.3) is 0 Å². The Morgan fingerprint density at radius 2 is 2.54 bits per heavy atom. The second-order valence-corrected chi connectivity index (χ2v) is 2.27. The molecule has 0 fully saturated rings. The van der Waals surface area contributed by atoms with Gasteiger partial charge in [-0.2, -0.15) is 10.2 Å². The van der Waals surface area contributed by atoms with Crippen molar-refractivity contribution in [3.05, 3.63) is 36.3 Å². The number of hydrogen-bond donors (Lipinski definition) is 2. The molecule has 0 saturated heterocycles. The van der Waals surface area contributed by atoms with Crippen LogP contribution in [0.25, 0.3) is 0 Å². The molecule has 0 spiro atoms. The molecule has 0 unspecified atom stereocenters. The quantitative estimate of drug-likeness (QED) is 0.644. The van der Waals surface area contributed by atoms with E-state index in [2.05, 4.69) is 15.5 Å². The van der Waals surface area contributed by atoms with Crippen LogP contribution in [0.1, 0.15) is 5.69 Å². The highest BCUT2D eigenvalue weighted by Gasteiger charge is 1.89. The predicted molar refractivity (Wildman–Crippen MR) is 45.6 cm³/mol. The number of carboxylic acid groups (broad SMARTS) is 1. The lowest BCUT2D eigenvalue weighted by Crippen LogP contribution is -2.07. The Labute approximate surface area is 75.1 Å². The Morgan fingerprint density at radius 3 is 3.15 bits per heavy atom. The third kappa shape index (κ3) is 3.85. The van der Waals surface area contributed by atoms with Crippen molar-refractivity contribution in [3.8, 4) is 0 Å². The zero-order valence-electron chi connectivity index (χ0n) is 6.84. The largest absolute Gasteiger partial charge is 0.478 e. The zero-order chi connectivity index (χ0) is 9.52. The van der Waals surface area contributed by atoms with E-state index in [1.807, 2.05) is 0 Å². The summed E-state index contributed by atoms with van der Waals surface area (Å²) in [7, 11) is 0. The summed E-state index contributed by atoms with van der Waals surface area (Å²) in [5.74, 6) is -0.980. The van der Waals surface area contributed by atoms with E-state index in [-0.39, 0.29) is 0 Å². The van der Waals surface area contributed by atoms with Crippen LogP contribution in [0.2, 0.25) is 0 Å². The molecule has 0 atom stereocenters. The SMILES string of the molecule is O=C(O)/C=C/NCc1cccnn1. The molecule has 1 rings (SSSR count). The molecule has 0 aromatic carbocycles. The van der Waals surface area contributed by atoms with Crippen LogP contribution in [-0.2, 0) is 11.3 Å². The summed E-state index contributed by atoms with van der Waals surface area (Å²) >= 11 is 0. The lowest BCUT2D eigenvalue weighted by atomic mass is 10.4. The summed E-state index contributed by atoms with van der Waals surface area (Å²) in [5, 5.41) is 18.5. The smallest absolute Gasteiger partial charge is 0.329 e. The van der Waals surface area contributed by atoms with Crippen molar-refractivity contribution in [1.82, 2.24) is 15.5 Å². The van der Waals surface area contributed by atoms with E-state index >= 15 is 0 Å². The van der Waals surface area contributed by atoms with Gasteiger partial charge in [-0.25, -0.2) is 4.79 Å². The van der Waals surface area contributed by atoms with Crippen molar-refractivity contribution < 1.29 is 9.90 Å². The summed E-state index contributed by atoms with van der Waals surface area (Å²) in [6, 6.07) is 3.57. The molecule has 68 valence electrons. The molecule has 1 heterocycles. The van der Waals surface area contributed by atoms with Gasteiger partial charge in [-0.1, -0.05) is 0 Å². The third-order valence-corrected chi connectivity index (χ3v) is 1.25. The number of nitrogens with zero attached hydrogens (tertiary/aromatic N) is 2. The second-order valence-electron chi connectivity index (χ2n) is 2.27. The van der Waals surface area contributed by atoms with E-state index in [1.165, 1.54) is 6.20 Å². The maximum atomic E-state index is 10.1. The van der Waals surface area contributed by atoms with Crippen LogP contribution in [0.3, 0.4) is 0 Å². The number of carboxylic acids is 1. The second kappa shape index (κ2) is 4.87. The summed E-state index contributed by atoms with van der Waals surface area (Å²) in [6.45, 7) is 0.470. The van der Waals surface area contributed by atoms with Crippen molar-refractivity contribution in [3.63, 3.8) is 0 Å². The summed E-state index contributed by atoms with van der Waals surface area (Å²) < 4.78 is 0. The molecule has 0 saturated carbocycles. The highest BCUT2D eigenvalue weighted by molar-refractivity contribution is 5.79. The van der Waals surface area contributed by atoms with E-state index in [1.54, 1.807) is 18.3 Å². The summed E-state index contributed by atoms with van der Waals surface area (Å²) in [4.78, 5) is 10.1. The Morgan fingerprint density at radius 1 is 1.69 bits per heavy atom. The molecule has 0 aliphatic heterocycles. The van der Waals surface area contributed by atoms with Crippen molar-refractivity contribution in [2.45, 2.75) is 6.54 Å². The Bertz CT molecular complexity index is 298. The van der Waals surface area contributed by atoms with E-state index in [0.717, 1.165) is 11.8 Å². The minimum absolute atomic E-state index is 0.470. The number of rotatable bonds is 4. The molecule has 2 N–H and O–H groups in total. The predicted octanol–water partition coefficient (Wildman–Crippen LogP) is 0.164. The number of hydrogen-bond acceptors (Lipinski definition) is 4. The average molecular weight is 179 g/mol. The monoisotopic (exact) mass is 179 g/mol. The summed E-state index contributed by atoms with van der Waals surface area (Å²) in [5.41, 5.74) is 0.762. The van der Waals surface area contributed by atoms with Crippen molar-refractivity contribution in [2.24, 2.45) is 0 Å². The number of carbonyl (C=O) groups is 1. The Hall–Kier alpha value is -1.91.